The Bertz CT molecular complexity index is 1460. The molecule has 3 rings (SSSR count). The van der Waals surface area contributed by atoms with Gasteiger partial charge in [0.05, 0.1) is 24.5 Å². The third-order valence-electron chi connectivity index (χ3n) is 7.43. The third kappa shape index (κ3) is 13.1. The summed E-state index contributed by atoms with van der Waals surface area (Å²) in [6.07, 6.45) is 4.20. The van der Waals surface area contributed by atoms with Crippen molar-refractivity contribution in [2.45, 2.75) is 83.6 Å². The maximum absolute atomic E-state index is 13.8. The molecule has 0 heterocycles. The highest BCUT2D eigenvalue weighted by Crippen LogP contribution is 2.28. The Morgan fingerprint density at radius 2 is 1.62 bits per heavy atom. The zero-order chi connectivity index (χ0) is 35.3. The van der Waals surface area contributed by atoms with E-state index in [1.807, 2.05) is 11.4 Å². The molecular weight excluding hydrogens is 688 g/mol. The molecule has 2 atom stereocenters. The highest BCUT2D eigenvalue weighted by atomic mass is 79.9. The van der Waals surface area contributed by atoms with Gasteiger partial charge >= 0.3 is 12.1 Å². The van der Waals surface area contributed by atoms with Crippen LogP contribution < -0.4 is 21.3 Å². The van der Waals surface area contributed by atoms with Gasteiger partial charge in [-0.2, -0.15) is 0 Å². The molecule has 13 nitrogen and oxygen atoms in total. The minimum Gasteiger partial charge on any atom is -0.480 e. The minimum atomic E-state index is -1.48. The highest BCUT2D eigenvalue weighted by molar-refractivity contribution is 9.10. The summed E-state index contributed by atoms with van der Waals surface area (Å²) < 4.78 is 11.6. The third-order valence-corrected chi connectivity index (χ3v) is 7.92. The summed E-state index contributed by atoms with van der Waals surface area (Å²) in [5, 5.41) is 18.9. The molecule has 0 radical (unpaired) electrons. The molecular formula is C34H43BrN4O9. The number of ether oxygens (including phenoxy) is 2. The first-order chi connectivity index (χ1) is 22.7. The van der Waals surface area contributed by atoms with Gasteiger partial charge in [-0.3, -0.25) is 29.3 Å². The van der Waals surface area contributed by atoms with Crippen molar-refractivity contribution < 1.29 is 43.3 Å². The van der Waals surface area contributed by atoms with E-state index in [0.717, 1.165) is 37.7 Å². The van der Waals surface area contributed by atoms with Crippen molar-refractivity contribution in [1.29, 1.82) is 0 Å². The highest BCUT2D eigenvalue weighted by Gasteiger charge is 2.33. The quantitative estimate of drug-likeness (QED) is 0.166. The first kappa shape index (κ1) is 38.2. The molecule has 260 valence electrons. The van der Waals surface area contributed by atoms with Crippen molar-refractivity contribution in [3.63, 3.8) is 0 Å². The smallest absolute Gasteiger partial charge is 0.412 e. The van der Waals surface area contributed by atoms with Crippen LogP contribution in [0.2, 0.25) is 0 Å². The molecule has 0 spiro atoms. The Balaban J connectivity index is 1.84. The number of ketones is 1. The number of rotatable bonds is 15. The number of nitrogens with one attached hydrogen (secondary N) is 4. The number of Topliss-reactive ketones (excluding diaryl/α,β-unsaturated/α-hetero) is 1. The van der Waals surface area contributed by atoms with Crippen LogP contribution in [-0.4, -0.2) is 71.5 Å². The van der Waals surface area contributed by atoms with Gasteiger partial charge in [0.15, 0.2) is 0 Å². The molecule has 0 aliphatic heterocycles. The number of halogens is 1. The van der Waals surface area contributed by atoms with E-state index in [1.54, 1.807) is 51.1 Å². The number of benzene rings is 2. The summed E-state index contributed by atoms with van der Waals surface area (Å²) in [7, 11) is 0. The summed E-state index contributed by atoms with van der Waals surface area (Å²) in [5.41, 5.74) is 0.217. The van der Waals surface area contributed by atoms with Crippen molar-refractivity contribution in [3.05, 3.63) is 64.1 Å². The van der Waals surface area contributed by atoms with E-state index in [9.17, 15) is 28.8 Å². The number of carboxylic acids is 1. The average Bonchev–Trinajstić information content (AvgIpc) is 3.03. The summed E-state index contributed by atoms with van der Waals surface area (Å²) in [4.78, 5) is 76.8. The molecule has 2 aromatic rings. The maximum Gasteiger partial charge on any atom is 0.412 e. The molecule has 1 saturated carbocycles. The van der Waals surface area contributed by atoms with Crippen molar-refractivity contribution >= 4 is 57.2 Å². The summed E-state index contributed by atoms with van der Waals surface area (Å²) in [6.45, 7) is 4.02. The van der Waals surface area contributed by atoms with Crippen LogP contribution in [0.25, 0.3) is 0 Å². The van der Waals surface area contributed by atoms with Crippen LogP contribution in [0.5, 0.6) is 0 Å². The summed E-state index contributed by atoms with van der Waals surface area (Å²) in [6, 6.07) is 11.1. The van der Waals surface area contributed by atoms with Crippen molar-refractivity contribution in [1.82, 2.24) is 16.0 Å². The Labute approximate surface area is 288 Å². The van der Waals surface area contributed by atoms with E-state index < -0.39 is 59.8 Å². The van der Waals surface area contributed by atoms with Gasteiger partial charge < -0.3 is 30.5 Å². The van der Waals surface area contributed by atoms with Gasteiger partial charge in [-0.05, 0) is 56.9 Å². The van der Waals surface area contributed by atoms with Crippen molar-refractivity contribution in [2.24, 2.45) is 5.92 Å². The van der Waals surface area contributed by atoms with Crippen LogP contribution in [0, 0.1) is 5.92 Å². The zero-order valence-electron chi connectivity index (χ0n) is 27.3. The molecule has 2 aromatic carbocycles. The number of hydrogen-bond donors (Lipinski definition) is 5. The van der Waals surface area contributed by atoms with Gasteiger partial charge in [0.2, 0.25) is 11.7 Å². The lowest BCUT2D eigenvalue weighted by molar-refractivity contribution is -0.143. The molecule has 0 unspecified atom stereocenters. The second kappa shape index (κ2) is 18.3. The van der Waals surface area contributed by atoms with Crippen molar-refractivity contribution in [3.8, 4) is 0 Å². The van der Waals surface area contributed by atoms with E-state index in [-0.39, 0.29) is 36.8 Å². The second-order valence-corrected chi connectivity index (χ2v) is 13.5. The van der Waals surface area contributed by atoms with Gasteiger partial charge in [-0.1, -0.05) is 78.4 Å². The number of hydrogen-bond acceptors (Lipinski definition) is 8. The Morgan fingerprint density at radius 1 is 0.938 bits per heavy atom. The normalized spacial score (nSPS) is 14.6. The molecule has 1 aliphatic carbocycles. The number of carbonyl (C=O) groups excluding carboxylic acids is 5. The lowest BCUT2D eigenvalue weighted by Crippen LogP contribution is -2.56. The zero-order valence-corrected chi connectivity index (χ0v) is 28.9. The largest absolute Gasteiger partial charge is 0.480 e. The molecule has 0 bridgehead atoms. The van der Waals surface area contributed by atoms with Crippen molar-refractivity contribution in [2.75, 3.05) is 18.5 Å². The maximum atomic E-state index is 13.8. The molecule has 0 saturated heterocycles. The number of carbonyl (C=O) groups is 6. The first-order valence-electron chi connectivity index (χ1n) is 15.8. The van der Waals surface area contributed by atoms with Crippen LogP contribution in [0.3, 0.4) is 0 Å². The van der Waals surface area contributed by atoms with Crippen LogP contribution in [0.1, 0.15) is 75.2 Å². The predicted octanol–water partition coefficient (Wildman–Crippen LogP) is 4.34. The van der Waals surface area contributed by atoms with Gasteiger partial charge in [-0.15, -0.1) is 0 Å². The molecule has 48 heavy (non-hydrogen) atoms. The Morgan fingerprint density at radius 3 is 2.27 bits per heavy atom. The fourth-order valence-corrected chi connectivity index (χ4v) is 5.54. The molecule has 4 amide bonds. The first-order valence-corrected chi connectivity index (χ1v) is 16.6. The standard InChI is InChI=1S/C34H43BrN4O9/c1-34(2,3)48-33(46)39-25-15-14-23(35)17-24(25)30(43)37-26(16-21-10-6-4-7-11-21)31(44)38-27(29(42)32(45)36-18-28(40)41)20-47-19-22-12-8-5-9-13-22/h5,8-9,12-15,17,21,26-27H,4,6-7,10-11,16,18-20H2,1-3H3,(H,36,45)(H,37,43)(H,38,44)(H,39,46)(H,40,41)/t26-,27-/m1/s1. The fourth-order valence-electron chi connectivity index (χ4n) is 5.18. The Kier molecular flexibility index (Phi) is 14.5. The molecule has 1 fully saturated rings. The van der Waals surface area contributed by atoms with Gasteiger partial charge in [0.25, 0.3) is 11.8 Å². The van der Waals surface area contributed by atoms with Crippen LogP contribution in [-0.2, 0) is 35.3 Å². The summed E-state index contributed by atoms with van der Waals surface area (Å²) >= 11 is 3.35. The Hall–Kier alpha value is -4.30. The molecule has 5 N–H and O–H groups in total. The fraction of sp³-hybridized carbons (Fsp3) is 0.471. The lowest BCUT2D eigenvalue weighted by atomic mass is 9.84. The van der Waals surface area contributed by atoms with Crippen LogP contribution >= 0.6 is 15.9 Å². The SMILES string of the molecule is CC(C)(C)OC(=O)Nc1ccc(Br)cc1C(=O)N[C@H](CC1CCCCC1)C(=O)N[C@H](COCc1ccccc1)C(=O)C(=O)NCC(=O)O. The summed E-state index contributed by atoms with van der Waals surface area (Å²) in [5.74, 6) is -4.93. The van der Waals surface area contributed by atoms with E-state index >= 15 is 0 Å². The minimum absolute atomic E-state index is 0.0588. The van der Waals surface area contributed by atoms with Crippen LogP contribution in [0.15, 0.2) is 53.0 Å². The topological polar surface area (TPSA) is 189 Å². The van der Waals surface area contributed by atoms with Gasteiger partial charge in [0, 0.05) is 4.47 Å². The number of aliphatic carboxylic acids is 1. The van der Waals surface area contributed by atoms with Crippen LogP contribution in [0.4, 0.5) is 10.5 Å². The van der Waals surface area contributed by atoms with E-state index in [1.165, 1.54) is 12.1 Å². The number of carboxylic acid groups (broad SMARTS) is 1. The number of amides is 4. The van der Waals surface area contributed by atoms with Gasteiger partial charge in [-0.25, -0.2) is 4.79 Å². The second-order valence-electron chi connectivity index (χ2n) is 12.6. The average molecular weight is 732 g/mol. The molecule has 0 aromatic heterocycles. The van der Waals surface area contributed by atoms with E-state index in [4.69, 9.17) is 14.6 Å². The number of anilines is 1. The molecule has 1 aliphatic rings. The molecule has 14 heteroatoms. The van der Waals surface area contributed by atoms with E-state index in [0.29, 0.717) is 4.47 Å². The van der Waals surface area contributed by atoms with Gasteiger partial charge in [0.1, 0.15) is 24.2 Å². The van der Waals surface area contributed by atoms with E-state index in [2.05, 4.69) is 31.9 Å². The monoisotopic (exact) mass is 730 g/mol. The predicted molar refractivity (Wildman–Crippen MR) is 180 cm³/mol. The lowest BCUT2D eigenvalue weighted by Gasteiger charge is -2.28.